The van der Waals surface area contributed by atoms with Gasteiger partial charge in [0, 0.05) is 36.2 Å². The summed E-state index contributed by atoms with van der Waals surface area (Å²) in [6.45, 7) is 1.04. The number of carbonyl (C=O) groups is 4. The lowest BCUT2D eigenvalue weighted by Gasteiger charge is -2.29. The van der Waals surface area contributed by atoms with Crippen LogP contribution in [0.5, 0.6) is 0 Å². The molecule has 0 bridgehead atoms. The Balaban J connectivity index is 1.74. The summed E-state index contributed by atoms with van der Waals surface area (Å²) in [6.07, 6.45) is 2.60. The number of fused-ring (bicyclic) bond motifs is 1. The van der Waals surface area contributed by atoms with E-state index in [0.29, 0.717) is 29.7 Å². The highest BCUT2D eigenvalue weighted by Crippen LogP contribution is 2.32. The summed E-state index contributed by atoms with van der Waals surface area (Å²) in [7, 11) is 0. The first kappa shape index (κ1) is 18.1. The number of hydrogen-bond donors (Lipinski definition) is 3. The Morgan fingerprint density at radius 1 is 1.27 bits per heavy atom. The predicted molar refractivity (Wildman–Crippen MR) is 92.7 cm³/mol. The lowest BCUT2D eigenvalue weighted by Crippen LogP contribution is -2.52. The van der Waals surface area contributed by atoms with E-state index in [1.807, 2.05) is 0 Å². The van der Waals surface area contributed by atoms with E-state index in [2.05, 4.69) is 16.4 Å². The predicted octanol–water partition coefficient (Wildman–Crippen LogP) is -0.202. The summed E-state index contributed by atoms with van der Waals surface area (Å²) in [5, 5.41) is 5.15. The summed E-state index contributed by atoms with van der Waals surface area (Å²) >= 11 is 0. The molecule has 1 saturated heterocycles. The van der Waals surface area contributed by atoms with E-state index >= 15 is 0 Å². The van der Waals surface area contributed by atoms with Gasteiger partial charge in [0.2, 0.25) is 17.7 Å². The summed E-state index contributed by atoms with van der Waals surface area (Å²) in [6, 6.07) is 4.52. The number of benzene rings is 1. The van der Waals surface area contributed by atoms with E-state index in [9.17, 15) is 19.2 Å². The number of amides is 4. The van der Waals surface area contributed by atoms with Gasteiger partial charge in [-0.2, -0.15) is 0 Å². The van der Waals surface area contributed by atoms with Crippen molar-refractivity contribution in [2.24, 2.45) is 0 Å². The van der Waals surface area contributed by atoms with E-state index in [4.69, 9.17) is 0 Å². The van der Waals surface area contributed by atoms with Gasteiger partial charge in [0.25, 0.3) is 5.91 Å². The van der Waals surface area contributed by atoms with Crippen molar-refractivity contribution in [3.05, 3.63) is 29.3 Å². The second-order valence-corrected chi connectivity index (χ2v) is 6.59. The molecule has 1 unspecified atom stereocenters. The van der Waals surface area contributed by atoms with Crippen molar-refractivity contribution in [2.75, 3.05) is 11.9 Å². The molecule has 0 saturated carbocycles. The van der Waals surface area contributed by atoms with Gasteiger partial charge in [0.1, 0.15) is 6.04 Å². The normalized spacial score (nSPS) is 19.3. The lowest BCUT2D eigenvalue weighted by molar-refractivity contribution is -0.368. The maximum absolute atomic E-state index is 12.7. The van der Waals surface area contributed by atoms with E-state index in [1.165, 1.54) is 4.90 Å². The number of nitrogens with zero attached hydrogens (tertiary/aromatic N) is 1. The van der Waals surface area contributed by atoms with Crippen molar-refractivity contribution in [3.63, 3.8) is 0 Å². The second kappa shape index (κ2) is 7.65. The summed E-state index contributed by atoms with van der Waals surface area (Å²) in [5.41, 5.74) is 5.57. The van der Waals surface area contributed by atoms with Crippen LogP contribution in [0.1, 0.15) is 48.0 Å². The number of piperidine rings is 1. The van der Waals surface area contributed by atoms with Gasteiger partial charge < -0.3 is 16.0 Å². The third-order valence-electron chi connectivity index (χ3n) is 4.76. The SMILES string of the molecule is [NH3+]CCCCC(=O)Nc1cccc2c1CN(C1CCC(=O)NC1=O)C2=O. The Morgan fingerprint density at radius 2 is 2.08 bits per heavy atom. The van der Waals surface area contributed by atoms with E-state index in [-0.39, 0.29) is 30.7 Å². The van der Waals surface area contributed by atoms with Crippen molar-refractivity contribution < 1.29 is 24.9 Å². The average Bonchev–Trinajstić information content (AvgIpc) is 2.93. The maximum Gasteiger partial charge on any atom is 0.255 e. The zero-order valence-corrected chi connectivity index (χ0v) is 14.5. The minimum absolute atomic E-state index is 0.0984. The first-order valence-electron chi connectivity index (χ1n) is 8.87. The highest BCUT2D eigenvalue weighted by atomic mass is 16.2. The minimum atomic E-state index is -0.659. The zero-order chi connectivity index (χ0) is 18.7. The summed E-state index contributed by atoms with van der Waals surface area (Å²) in [5.74, 6) is -1.10. The maximum atomic E-state index is 12.7. The number of carbonyl (C=O) groups excluding carboxylic acids is 4. The highest BCUT2D eigenvalue weighted by molar-refractivity contribution is 6.06. The van der Waals surface area contributed by atoms with Crippen LogP contribution in [-0.4, -0.2) is 41.1 Å². The van der Waals surface area contributed by atoms with Crippen LogP contribution in [0.3, 0.4) is 0 Å². The van der Waals surface area contributed by atoms with Gasteiger partial charge in [-0.3, -0.25) is 24.5 Å². The van der Waals surface area contributed by atoms with Crippen molar-refractivity contribution in [1.82, 2.24) is 10.2 Å². The lowest BCUT2D eigenvalue weighted by atomic mass is 10.0. The molecular formula is C18H23N4O4+. The third kappa shape index (κ3) is 3.60. The molecule has 8 heteroatoms. The summed E-state index contributed by atoms with van der Waals surface area (Å²) in [4.78, 5) is 49.7. The first-order chi connectivity index (χ1) is 12.5. The molecule has 2 aliphatic heterocycles. The van der Waals surface area contributed by atoms with Crippen LogP contribution < -0.4 is 16.4 Å². The molecule has 0 aliphatic carbocycles. The first-order valence-corrected chi connectivity index (χ1v) is 8.87. The van der Waals surface area contributed by atoms with Crippen molar-refractivity contribution in [1.29, 1.82) is 0 Å². The third-order valence-corrected chi connectivity index (χ3v) is 4.76. The largest absolute Gasteiger partial charge is 0.358 e. The number of quaternary nitrogens is 1. The van der Waals surface area contributed by atoms with Gasteiger partial charge >= 0.3 is 0 Å². The fraction of sp³-hybridized carbons (Fsp3) is 0.444. The fourth-order valence-corrected chi connectivity index (χ4v) is 3.38. The second-order valence-electron chi connectivity index (χ2n) is 6.59. The molecule has 1 atom stereocenters. The molecule has 2 aliphatic rings. The van der Waals surface area contributed by atoms with Gasteiger partial charge in [-0.05, 0) is 31.4 Å². The molecule has 1 fully saturated rings. The number of anilines is 1. The molecule has 3 rings (SSSR count). The van der Waals surface area contributed by atoms with Crippen LogP contribution in [0.2, 0.25) is 0 Å². The van der Waals surface area contributed by atoms with Crippen LogP contribution in [0.25, 0.3) is 0 Å². The molecule has 1 aromatic rings. The standard InChI is InChI=1S/C18H22N4O4/c19-9-2-1-6-15(23)20-13-5-3-4-11-12(13)10-22(18(11)26)14-7-8-16(24)21-17(14)25/h3-5,14H,1-2,6-10,19H2,(H,20,23)(H,21,24,25)/p+1. The Labute approximate surface area is 151 Å². The van der Waals surface area contributed by atoms with E-state index in [0.717, 1.165) is 19.4 Å². The van der Waals surface area contributed by atoms with Crippen LogP contribution >= 0.6 is 0 Å². The van der Waals surface area contributed by atoms with Gasteiger partial charge in [-0.25, -0.2) is 0 Å². The minimum Gasteiger partial charge on any atom is -0.358 e. The molecule has 26 heavy (non-hydrogen) atoms. The number of hydrogen-bond acceptors (Lipinski definition) is 4. The number of rotatable bonds is 6. The average molecular weight is 359 g/mol. The zero-order valence-electron chi connectivity index (χ0n) is 14.5. The highest BCUT2D eigenvalue weighted by Gasteiger charge is 2.39. The van der Waals surface area contributed by atoms with Gasteiger partial charge in [-0.1, -0.05) is 6.07 Å². The van der Waals surface area contributed by atoms with Crippen LogP contribution in [0, 0.1) is 0 Å². The molecule has 0 radical (unpaired) electrons. The smallest absolute Gasteiger partial charge is 0.255 e. The van der Waals surface area contributed by atoms with Crippen LogP contribution in [0.4, 0.5) is 5.69 Å². The fourth-order valence-electron chi connectivity index (χ4n) is 3.38. The Morgan fingerprint density at radius 3 is 2.81 bits per heavy atom. The Bertz CT molecular complexity index is 762. The molecular weight excluding hydrogens is 336 g/mol. The molecule has 1 aromatic carbocycles. The van der Waals surface area contributed by atoms with Gasteiger partial charge in [0.15, 0.2) is 0 Å². The summed E-state index contributed by atoms with van der Waals surface area (Å²) < 4.78 is 0. The van der Waals surface area contributed by atoms with Crippen molar-refractivity contribution in [2.45, 2.75) is 44.7 Å². The van der Waals surface area contributed by atoms with Crippen LogP contribution in [-0.2, 0) is 20.9 Å². The van der Waals surface area contributed by atoms with Crippen molar-refractivity contribution >= 4 is 29.3 Å². The number of nitrogens with one attached hydrogen (secondary N) is 2. The molecule has 8 nitrogen and oxygen atoms in total. The molecule has 2 heterocycles. The Hall–Kier alpha value is -2.74. The Kier molecular flexibility index (Phi) is 5.32. The van der Waals surface area contributed by atoms with Crippen molar-refractivity contribution in [3.8, 4) is 0 Å². The molecule has 138 valence electrons. The van der Waals surface area contributed by atoms with Gasteiger partial charge in [0.05, 0.1) is 6.54 Å². The van der Waals surface area contributed by atoms with E-state index < -0.39 is 11.9 Å². The molecule has 5 N–H and O–H groups in total. The quantitative estimate of drug-likeness (QED) is 0.481. The number of unbranched alkanes of at least 4 members (excludes halogenated alkanes) is 1. The topological polar surface area (TPSA) is 123 Å². The molecule has 4 amide bonds. The van der Waals surface area contributed by atoms with Crippen LogP contribution in [0.15, 0.2) is 18.2 Å². The van der Waals surface area contributed by atoms with Gasteiger partial charge in [-0.15, -0.1) is 0 Å². The van der Waals surface area contributed by atoms with E-state index in [1.54, 1.807) is 18.2 Å². The molecule has 0 spiro atoms. The number of imide groups is 1. The molecule has 0 aromatic heterocycles. The monoisotopic (exact) mass is 359 g/mol.